The lowest BCUT2D eigenvalue weighted by molar-refractivity contribution is -0.266. The van der Waals surface area contributed by atoms with Gasteiger partial charge in [0.2, 0.25) is 14.1 Å². The van der Waals surface area contributed by atoms with Crippen molar-refractivity contribution in [2.45, 2.75) is 339 Å². The van der Waals surface area contributed by atoms with Crippen LogP contribution in [-0.4, -0.2) is 159 Å². The van der Waals surface area contributed by atoms with Crippen molar-refractivity contribution in [1.29, 1.82) is 0 Å². The van der Waals surface area contributed by atoms with Gasteiger partial charge in [0.15, 0.2) is 22.9 Å². The zero-order valence-corrected chi connectivity index (χ0v) is 72.0. The summed E-state index contributed by atoms with van der Waals surface area (Å²) in [5.74, 6) is 0.884. The van der Waals surface area contributed by atoms with Gasteiger partial charge in [-0.3, -0.25) is 9.59 Å². The van der Waals surface area contributed by atoms with Crippen LogP contribution >= 0.6 is 23.5 Å². The molecular weight excluding hydrogens is 1330 g/mol. The molecule has 0 spiro atoms. The Morgan fingerprint density at radius 3 is 1.84 bits per heavy atom. The molecule has 15 atom stereocenters. The van der Waals surface area contributed by atoms with Gasteiger partial charge in [0.25, 0.3) is 5.91 Å². The van der Waals surface area contributed by atoms with Crippen molar-refractivity contribution < 1.29 is 60.8 Å². The fourth-order valence-electron chi connectivity index (χ4n) is 15.8. The molecule has 1 aromatic carbocycles. The number of allylic oxidation sites excluding steroid dienone is 3. The first kappa shape index (κ1) is 87.5. The van der Waals surface area contributed by atoms with E-state index < -0.39 is 76.8 Å². The highest BCUT2D eigenvalue weighted by molar-refractivity contribution is 8.20. The maximum absolute atomic E-state index is 15.2. The first-order chi connectivity index (χ1) is 46.0. The van der Waals surface area contributed by atoms with Crippen LogP contribution in [-0.2, 0) is 56.1 Å². The van der Waals surface area contributed by atoms with E-state index >= 15 is 4.79 Å². The Bertz CT molecular complexity index is 2740. The van der Waals surface area contributed by atoms with E-state index in [9.17, 15) is 9.59 Å². The molecule has 3 saturated heterocycles. The minimum atomic E-state index is -2.50. The smallest absolute Gasteiger partial charge is 0.329 e. The SMILES string of the molecule is C=CC[C@H](/C=C(\C)C[C@H](C)C[C@H](OC)[C@@H](O[Si](C)(C)C(C)(C)C)[C@H](C[C@@H](C)C1(C(=O)C(=O)N2CCCC[C@H]2C(=O)OC(C)(C)C)SCCCS1)OC)[C@@H](C[C@@H]1O[C@H](c2ccc(OC)cc2)O[C@H](/C(C)=C/[C@@H]2CC[C@@H](O[Si](C(C)C)(C(C)C)C(C)C)[C@H](OC)C2)[C@@H]1C)O[Si](C)(C)C(C)(C)C. The zero-order valence-electron chi connectivity index (χ0n) is 67.3. The summed E-state index contributed by atoms with van der Waals surface area (Å²) in [6, 6.07) is 7.30. The summed E-state index contributed by atoms with van der Waals surface area (Å²) in [6.45, 7) is 58.6. The van der Waals surface area contributed by atoms with E-state index in [1.165, 1.54) is 16.0 Å². The van der Waals surface area contributed by atoms with Crippen LogP contribution in [0.25, 0.3) is 0 Å². The second-order valence-electron chi connectivity index (χ2n) is 34.9. The number of carbonyl (C=O) groups is 3. The van der Waals surface area contributed by atoms with Gasteiger partial charge in [-0.15, -0.1) is 30.1 Å². The van der Waals surface area contributed by atoms with Crippen molar-refractivity contribution in [2.24, 2.45) is 29.6 Å². The van der Waals surface area contributed by atoms with E-state index in [0.717, 1.165) is 74.2 Å². The van der Waals surface area contributed by atoms with Crippen molar-refractivity contribution in [3.05, 3.63) is 65.8 Å². The maximum atomic E-state index is 15.2. The molecule has 1 aromatic rings. The van der Waals surface area contributed by atoms with Gasteiger partial charge >= 0.3 is 5.97 Å². The first-order valence-corrected chi connectivity index (χ1v) is 47.8. The molecule has 4 fully saturated rings. The monoisotopic (exact) mass is 1470 g/mol. The quantitative estimate of drug-likeness (QED) is 0.0279. The lowest BCUT2D eigenvalue weighted by Gasteiger charge is -2.47. The fraction of sp³-hybridized carbons (Fsp3) is 0.812. The third-order valence-corrected chi connectivity index (χ3v) is 42.1. The molecule has 99 heavy (non-hydrogen) atoms. The van der Waals surface area contributed by atoms with Crippen molar-refractivity contribution in [2.75, 3.05) is 46.5 Å². The van der Waals surface area contributed by atoms with Gasteiger partial charge in [-0.2, -0.15) is 0 Å². The Morgan fingerprint density at radius 1 is 0.737 bits per heavy atom. The summed E-state index contributed by atoms with van der Waals surface area (Å²) in [7, 11) is 0.0588. The fourth-order valence-corrected chi connectivity index (χ4v) is 27.5. The van der Waals surface area contributed by atoms with Crippen LogP contribution in [0.5, 0.6) is 5.75 Å². The molecule has 0 bridgehead atoms. The number of amides is 1. The second-order valence-corrected chi connectivity index (χ2v) is 52.8. The Hall–Kier alpha value is -2.12. The van der Waals surface area contributed by atoms with Crippen molar-refractivity contribution in [3.8, 4) is 5.75 Å². The molecule has 568 valence electrons. The minimum absolute atomic E-state index is 0.00646. The zero-order chi connectivity index (χ0) is 74.6. The van der Waals surface area contributed by atoms with Crippen LogP contribution in [0.4, 0.5) is 0 Å². The molecule has 4 aliphatic rings. The van der Waals surface area contributed by atoms with Crippen molar-refractivity contribution >= 4 is 66.1 Å². The van der Waals surface area contributed by atoms with Crippen LogP contribution < -0.4 is 4.74 Å². The lowest BCUT2D eigenvalue weighted by Crippen LogP contribution is -2.57. The van der Waals surface area contributed by atoms with Gasteiger partial charge < -0.3 is 51.3 Å². The number of hydrogen-bond donors (Lipinski definition) is 0. The predicted octanol–water partition coefficient (Wildman–Crippen LogP) is 20.1. The Labute approximate surface area is 614 Å². The molecular formula is C80H141NO13S2Si3. The molecule has 3 heterocycles. The molecule has 0 radical (unpaired) electrons. The molecule has 1 amide bonds. The summed E-state index contributed by atoms with van der Waals surface area (Å²) >= 11 is 3.15. The number of esters is 1. The number of methoxy groups -OCH3 is 4. The van der Waals surface area contributed by atoms with Crippen LogP contribution in [0.2, 0.25) is 52.9 Å². The molecule has 0 unspecified atom stereocenters. The number of carbonyl (C=O) groups excluding carboxylic acids is 3. The Balaban J connectivity index is 1.48. The van der Waals surface area contributed by atoms with Crippen molar-refractivity contribution in [1.82, 2.24) is 4.90 Å². The third kappa shape index (κ3) is 22.7. The normalized spacial score (nSPS) is 25.8. The summed E-state index contributed by atoms with van der Waals surface area (Å²) in [6.07, 6.45) is 13.6. The van der Waals surface area contributed by atoms with Crippen LogP contribution in [0, 0.1) is 29.6 Å². The topological polar surface area (TPSA) is 147 Å². The number of thioether (sulfide) groups is 2. The van der Waals surface area contributed by atoms with E-state index in [0.29, 0.717) is 54.8 Å². The van der Waals surface area contributed by atoms with E-state index in [-0.39, 0.29) is 70.4 Å². The van der Waals surface area contributed by atoms with Gasteiger partial charge in [-0.25, -0.2) is 4.79 Å². The number of rotatable bonds is 34. The number of piperidine rings is 1. The highest BCUT2D eigenvalue weighted by Crippen LogP contribution is 2.52. The molecule has 1 saturated carbocycles. The second kappa shape index (κ2) is 37.4. The number of Topliss-reactive ketones (excluding diaryl/α,β-unsaturated/α-hetero) is 1. The average molecular weight is 1470 g/mol. The van der Waals surface area contributed by atoms with Gasteiger partial charge in [0, 0.05) is 45.3 Å². The molecule has 5 rings (SSSR count). The van der Waals surface area contributed by atoms with Gasteiger partial charge in [0.1, 0.15) is 21.5 Å². The van der Waals surface area contributed by atoms with E-state index in [1.807, 2.05) is 40.0 Å². The molecule has 19 heteroatoms. The van der Waals surface area contributed by atoms with E-state index in [4.69, 9.17) is 46.4 Å². The molecule has 0 N–H and O–H groups in total. The van der Waals surface area contributed by atoms with Gasteiger partial charge in [-0.1, -0.05) is 140 Å². The Morgan fingerprint density at radius 2 is 1.31 bits per heavy atom. The standard InChI is InChI=1S/C80H141NO13S2Si3/c1-30-34-62(46-55(8)45-56(9)47-69(87-24)72(94-98(28,29)79(19,20)21)70(88-25)49-58(11)80(95-43-33-44-96-80)73(82)74(83)81-42-32-31-35-64(81)75(84)91-77(13,14)15)67(92-97(26,27)78(16,17)18)51-66-59(12)71(90-76(89-66)61-37-39-63(85-22)40-38-61)57(10)48-60-36-41-65(68(50-60)86-23)93-99(52(2)3,53(4)5)54(6)7/h30,37-40,46,48,52-54,56,58-60,62,64-72,76H,1,31-36,41-45,47,49-51H2,2-29H3/b55-46+,57-48+/t56-,58+,59+,60-,62+,64-,65+,66-,67+,68+,69-,70-,71+,72+,76-/m0/s1. The molecule has 14 nitrogen and oxygen atoms in total. The summed E-state index contributed by atoms with van der Waals surface area (Å²) < 4.78 is 67.2. The third-order valence-electron chi connectivity index (χ3n) is 23.2. The minimum Gasteiger partial charge on any atom is -0.497 e. The number of benzene rings is 1. The van der Waals surface area contributed by atoms with Crippen LogP contribution in [0.3, 0.4) is 0 Å². The number of ketones is 1. The number of ether oxygens (including phenoxy) is 7. The van der Waals surface area contributed by atoms with E-state index in [2.05, 4.69) is 181 Å². The number of hydrogen-bond acceptors (Lipinski definition) is 15. The summed E-state index contributed by atoms with van der Waals surface area (Å²) in [5, 5.41) is -0.191. The van der Waals surface area contributed by atoms with E-state index in [1.54, 1.807) is 44.9 Å². The van der Waals surface area contributed by atoms with Crippen LogP contribution in [0.1, 0.15) is 227 Å². The van der Waals surface area contributed by atoms with Gasteiger partial charge in [0.05, 0.1) is 55.9 Å². The number of nitrogens with zero attached hydrogens (tertiary/aromatic N) is 1. The summed E-state index contributed by atoms with van der Waals surface area (Å²) in [4.78, 5) is 45.1. The molecule has 1 aliphatic carbocycles. The maximum Gasteiger partial charge on any atom is 0.329 e. The average Bonchev–Trinajstić information content (AvgIpc) is 0.780. The van der Waals surface area contributed by atoms with Crippen molar-refractivity contribution in [3.63, 3.8) is 0 Å². The van der Waals surface area contributed by atoms with Crippen LogP contribution in [0.15, 0.2) is 60.2 Å². The highest BCUT2D eigenvalue weighted by atomic mass is 32.2. The van der Waals surface area contributed by atoms with Gasteiger partial charge in [-0.05, 0) is 212 Å². The Kier molecular flexibility index (Phi) is 33.1. The predicted molar refractivity (Wildman–Crippen MR) is 420 cm³/mol. The largest absolute Gasteiger partial charge is 0.497 e. The molecule has 0 aromatic heterocycles. The molecule has 3 aliphatic heterocycles. The first-order valence-electron chi connectivity index (χ1n) is 37.9. The highest BCUT2D eigenvalue weighted by Gasteiger charge is 2.55. The lowest BCUT2D eigenvalue weighted by atomic mass is 9.81. The number of likely N-dealkylation sites (tertiary alicyclic amines) is 1. The summed E-state index contributed by atoms with van der Waals surface area (Å²) in [5.41, 5.74) is 4.19.